The fraction of sp³-hybridized carbons (Fsp3) is 0.348. The van der Waals surface area contributed by atoms with Gasteiger partial charge in [-0.3, -0.25) is 14.7 Å². The standard InChI is InChI=1S/C23H24N4O/c28-20-10-8-16-14-17(7-9-18(16)20)22-23(19-6-2-3-11-24-19)26-21(25-22)15-27-12-4-1-5-13-27/h2-3,6-7,9,11,14H,1,4-5,8,10,12-13,15H2,(H,25,26). The van der Waals surface area contributed by atoms with E-state index in [0.717, 1.165) is 65.7 Å². The molecule has 1 aromatic carbocycles. The Morgan fingerprint density at radius 3 is 2.75 bits per heavy atom. The van der Waals surface area contributed by atoms with Gasteiger partial charge in [-0.05, 0) is 56.1 Å². The van der Waals surface area contributed by atoms with Gasteiger partial charge >= 0.3 is 0 Å². The number of rotatable bonds is 4. The molecule has 28 heavy (non-hydrogen) atoms. The van der Waals surface area contributed by atoms with E-state index in [1.807, 2.05) is 36.5 Å². The number of hydrogen-bond donors (Lipinski definition) is 1. The number of carbonyl (C=O) groups is 1. The molecule has 2 aromatic heterocycles. The van der Waals surface area contributed by atoms with E-state index in [9.17, 15) is 4.79 Å². The van der Waals surface area contributed by atoms with Crippen LogP contribution in [0.5, 0.6) is 0 Å². The highest BCUT2D eigenvalue weighted by Crippen LogP contribution is 2.33. The van der Waals surface area contributed by atoms with Crippen molar-refractivity contribution in [3.8, 4) is 22.6 Å². The maximum Gasteiger partial charge on any atom is 0.163 e. The van der Waals surface area contributed by atoms with E-state index < -0.39 is 0 Å². The van der Waals surface area contributed by atoms with Gasteiger partial charge in [0, 0.05) is 23.7 Å². The fourth-order valence-corrected chi connectivity index (χ4v) is 4.33. The van der Waals surface area contributed by atoms with Gasteiger partial charge in [0.1, 0.15) is 5.82 Å². The maximum atomic E-state index is 12.0. The number of nitrogens with one attached hydrogen (secondary N) is 1. The second-order valence-electron chi connectivity index (χ2n) is 7.75. The Labute approximate surface area is 164 Å². The van der Waals surface area contributed by atoms with Crippen LogP contribution in [0.2, 0.25) is 0 Å². The number of likely N-dealkylation sites (tertiary alicyclic amines) is 1. The first-order valence-corrected chi connectivity index (χ1v) is 10.2. The van der Waals surface area contributed by atoms with E-state index in [-0.39, 0.29) is 5.78 Å². The summed E-state index contributed by atoms with van der Waals surface area (Å²) in [5.41, 5.74) is 5.83. The van der Waals surface area contributed by atoms with Crippen LogP contribution in [0.3, 0.4) is 0 Å². The first-order valence-electron chi connectivity index (χ1n) is 10.2. The second-order valence-corrected chi connectivity index (χ2v) is 7.75. The Morgan fingerprint density at radius 1 is 1.04 bits per heavy atom. The van der Waals surface area contributed by atoms with Crippen LogP contribution < -0.4 is 0 Å². The SMILES string of the molecule is O=C1CCc2cc(-c3nc(CN4CCCCC4)[nH]c3-c3ccccn3)ccc21. The number of aromatic amines is 1. The van der Waals surface area contributed by atoms with Gasteiger partial charge in [-0.2, -0.15) is 0 Å². The Kier molecular flexibility index (Phi) is 4.53. The third-order valence-corrected chi connectivity index (χ3v) is 5.80. The number of carbonyl (C=O) groups excluding carboxylic acids is 1. The van der Waals surface area contributed by atoms with Crippen molar-refractivity contribution in [2.75, 3.05) is 13.1 Å². The highest BCUT2D eigenvalue weighted by atomic mass is 16.1. The van der Waals surface area contributed by atoms with Crippen LogP contribution in [-0.2, 0) is 13.0 Å². The molecule has 1 saturated heterocycles. The van der Waals surface area contributed by atoms with Crippen LogP contribution >= 0.6 is 0 Å². The van der Waals surface area contributed by atoms with Gasteiger partial charge < -0.3 is 4.98 Å². The summed E-state index contributed by atoms with van der Waals surface area (Å²) in [7, 11) is 0. The van der Waals surface area contributed by atoms with Crippen molar-refractivity contribution in [2.24, 2.45) is 0 Å². The minimum Gasteiger partial charge on any atom is -0.339 e. The summed E-state index contributed by atoms with van der Waals surface area (Å²) in [6, 6.07) is 12.1. The summed E-state index contributed by atoms with van der Waals surface area (Å²) in [4.78, 5) is 27.5. The number of imidazole rings is 1. The number of piperidine rings is 1. The smallest absolute Gasteiger partial charge is 0.163 e. The van der Waals surface area contributed by atoms with Gasteiger partial charge in [-0.25, -0.2) is 4.98 Å². The highest BCUT2D eigenvalue weighted by Gasteiger charge is 2.22. The molecule has 0 spiro atoms. The lowest BCUT2D eigenvalue weighted by molar-refractivity contribution is 0.0994. The summed E-state index contributed by atoms with van der Waals surface area (Å²) in [5, 5.41) is 0. The molecule has 5 nitrogen and oxygen atoms in total. The number of Topliss-reactive ketones (excluding diaryl/α,β-unsaturated/α-hetero) is 1. The zero-order valence-electron chi connectivity index (χ0n) is 15.9. The van der Waals surface area contributed by atoms with Gasteiger partial charge in [-0.15, -0.1) is 0 Å². The van der Waals surface area contributed by atoms with Crippen LogP contribution in [0.4, 0.5) is 0 Å². The van der Waals surface area contributed by atoms with E-state index in [1.54, 1.807) is 0 Å². The minimum absolute atomic E-state index is 0.249. The molecule has 1 N–H and O–H groups in total. The Bertz CT molecular complexity index is 1000. The van der Waals surface area contributed by atoms with Gasteiger partial charge in [-0.1, -0.05) is 24.6 Å². The maximum absolute atomic E-state index is 12.0. The van der Waals surface area contributed by atoms with E-state index in [1.165, 1.54) is 19.3 Å². The first-order chi connectivity index (χ1) is 13.8. The number of ketones is 1. The monoisotopic (exact) mass is 372 g/mol. The molecule has 0 saturated carbocycles. The largest absolute Gasteiger partial charge is 0.339 e. The zero-order chi connectivity index (χ0) is 18.9. The summed E-state index contributed by atoms with van der Waals surface area (Å²) in [5.74, 6) is 1.23. The molecule has 0 unspecified atom stereocenters. The predicted octanol–water partition coefficient (Wildman–Crippen LogP) is 4.25. The number of aryl methyl sites for hydroxylation is 1. The predicted molar refractivity (Wildman–Crippen MR) is 109 cm³/mol. The number of aromatic nitrogens is 3. The summed E-state index contributed by atoms with van der Waals surface area (Å²) < 4.78 is 0. The molecule has 142 valence electrons. The molecule has 0 atom stereocenters. The molecule has 1 aliphatic carbocycles. The van der Waals surface area contributed by atoms with Crippen LogP contribution in [0, 0.1) is 0 Å². The lowest BCUT2D eigenvalue weighted by Gasteiger charge is -2.25. The van der Waals surface area contributed by atoms with Crippen molar-refractivity contribution >= 4 is 5.78 Å². The minimum atomic E-state index is 0.249. The second kappa shape index (κ2) is 7.32. The molecule has 0 radical (unpaired) electrons. The molecule has 5 heteroatoms. The van der Waals surface area contributed by atoms with E-state index in [2.05, 4.69) is 20.9 Å². The van der Waals surface area contributed by atoms with Gasteiger partial charge in [0.15, 0.2) is 5.78 Å². The summed E-state index contributed by atoms with van der Waals surface area (Å²) in [6.07, 6.45) is 7.11. The first kappa shape index (κ1) is 17.3. The molecule has 0 bridgehead atoms. The number of fused-ring (bicyclic) bond motifs is 1. The van der Waals surface area contributed by atoms with Gasteiger partial charge in [0.2, 0.25) is 0 Å². The van der Waals surface area contributed by atoms with Gasteiger partial charge in [0.05, 0.1) is 23.6 Å². The van der Waals surface area contributed by atoms with Crippen molar-refractivity contribution in [3.05, 3.63) is 59.5 Å². The average molecular weight is 372 g/mol. The summed E-state index contributed by atoms with van der Waals surface area (Å²) >= 11 is 0. The van der Waals surface area contributed by atoms with Crippen molar-refractivity contribution in [3.63, 3.8) is 0 Å². The molecule has 1 fully saturated rings. The number of pyridine rings is 1. The molecule has 3 aromatic rings. The van der Waals surface area contributed by atoms with E-state index >= 15 is 0 Å². The molecule has 1 aliphatic heterocycles. The molecule has 3 heterocycles. The third-order valence-electron chi connectivity index (χ3n) is 5.80. The lowest BCUT2D eigenvalue weighted by atomic mass is 10.0. The van der Waals surface area contributed by atoms with Crippen molar-refractivity contribution in [1.82, 2.24) is 19.9 Å². The molecule has 5 rings (SSSR count). The molecule has 0 amide bonds. The Morgan fingerprint density at radius 2 is 1.93 bits per heavy atom. The Balaban J connectivity index is 1.54. The zero-order valence-corrected chi connectivity index (χ0v) is 15.9. The molecular weight excluding hydrogens is 348 g/mol. The van der Waals surface area contributed by atoms with Crippen molar-refractivity contribution in [2.45, 2.75) is 38.6 Å². The van der Waals surface area contributed by atoms with Gasteiger partial charge in [0.25, 0.3) is 0 Å². The molecule has 2 aliphatic rings. The average Bonchev–Trinajstić information content (AvgIpc) is 3.33. The summed E-state index contributed by atoms with van der Waals surface area (Å²) in [6.45, 7) is 3.11. The van der Waals surface area contributed by atoms with Crippen molar-refractivity contribution < 1.29 is 4.79 Å². The number of benzene rings is 1. The highest BCUT2D eigenvalue weighted by molar-refractivity contribution is 6.01. The molecular formula is C23H24N4O. The normalized spacial score (nSPS) is 17.1. The lowest BCUT2D eigenvalue weighted by Crippen LogP contribution is -2.29. The van der Waals surface area contributed by atoms with Crippen LogP contribution in [-0.4, -0.2) is 38.7 Å². The van der Waals surface area contributed by atoms with E-state index in [4.69, 9.17) is 4.98 Å². The van der Waals surface area contributed by atoms with Crippen LogP contribution in [0.1, 0.15) is 47.4 Å². The number of nitrogens with zero attached hydrogens (tertiary/aromatic N) is 3. The van der Waals surface area contributed by atoms with E-state index in [0.29, 0.717) is 6.42 Å². The fourth-order valence-electron chi connectivity index (χ4n) is 4.33. The van der Waals surface area contributed by atoms with Crippen molar-refractivity contribution in [1.29, 1.82) is 0 Å². The van der Waals surface area contributed by atoms with Crippen LogP contribution in [0.15, 0.2) is 42.6 Å². The number of hydrogen-bond acceptors (Lipinski definition) is 4. The topological polar surface area (TPSA) is 61.9 Å². The Hall–Kier alpha value is -2.79. The quantitative estimate of drug-likeness (QED) is 0.744. The van der Waals surface area contributed by atoms with Crippen LogP contribution in [0.25, 0.3) is 22.6 Å². The third kappa shape index (κ3) is 3.27. The number of H-pyrrole nitrogens is 1.